The smallest absolute Gasteiger partial charge is 0.326 e. The monoisotopic (exact) mass is 739 g/mol. The molecular formula is C47H53N3O5. The highest BCUT2D eigenvalue weighted by molar-refractivity contribution is 5.99. The van der Waals surface area contributed by atoms with Gasteiger partial charge in [-0.05, 0) is 52.6 Å². The largest absolute Gasteiger partial charge is 0.494 e. The topological polar surface area (TPSA) is 118 Å². The lowest BCUT2D eigenvalue weighted by Crippen LogP contribution is -2.45. The zero-order chi connectivity index (χ0) is 39.2. The van der Waals surface area contributed by atoms with Gasteiger partial charge in [0.25, 0.3) is 0 Å². The first-order valence-electron chi connectivity index (χ1n) is 19.4. The molecule has 0 radical (unpaired) electrons. The minimum Gasteiger partial charge on any atom is -0.494 e. The number of nitrogens with zero attached hydrogens (tertiary/aromatic N) is 2. The number of rotatable bonds is 19. The number of benzene rings is 4. The van der Waals surface area contributed by atoms with Crippen molar-refractivity contribution in [3.05, 3.63) is 138 Å². The molecule has 55 heavy (non-hydrogen) atoms. The number of carboxylic acids is 1. The molecule has 2 N–H and O–H groups in total. The van der Waals surface area contributed by atoms with E-state index in [0.717, 1.165) is 52.2 Å². The molecule has 0 spiro atoms. The highest BCUT2D eigenvalue weighted by atomic mass is 16.5. The number of nitrogens with one attached hydrogen (secondary N) is 1. The first-order chi connectivity index (χ1) is 26.5. The van der Waals surface area contributed by atoms with Gasteiger partial charge in [-0.3, -0.25) is 9.59 Å². The maximum atomic E-state index is 13.8. The number of ether oxygens (including phenoxy) is 1. The van der Waals surface area contributed by atoms with E-state index in [1.54, 1.807) is 24.5 Å². The van der Waals surface area contributed by atoms with Crippen LogP contribution in [0, 0.1) is 5.92 Å². The van der Waals surface area contributed by atoms with Crippen LogP contribution in [0.2, 0.25) is 0 Å². The summed E-state index contributed by atoms with van der Waals surface area (Å²) in [5.74, 6) is -1.17. The van der Waals surface area contributed by atoms with Crippen molar-refractivity contribution in [2.24, 2.45) is 5.92 Å². The first-order valence-corrected chi connectivity index (χ1v) is 19.4. The predicted molar refractivity (Wildman–Crippen MR) is 218 cm³/mol. The lowest BCUT2D eigenvalue weighted by molar-refractivity contribution is -0.142. The number of carbonyl (C=O) groups excluding carboxylic acids is 2. The van der Waals surface area contributed by atoms with E-state index in [0.29, 0.717) is 11.4 Å². The molecule has 286 valence electrons. The number of carboxylic acid groups (broad SMARTS) is 1. The maximum absolute atomic E-state index is 13.8. The molecule has 8 heteroatoms. The third kappa shape index (κ3) is 12.2. The van der Waals surface area contributed by atoms with Crippen molar-refractivity contribution in [2.45, 2.75) is 90.5 Å². The third-order valence-corrected chi connectivity index (χ3v) is 9.82. The minimum atomic E-state index is -1.14. The van der Waals surface area contributed by atoms with E-state index in [1.807, 2.05) is 91.0 Å². The number of hydrogen-bond donors (Lipinski definition) is 2. The van der Waals surface area contributed by atoms with Crippen LogP contribution in [0.4, 0.5) is 0 Å². The summed E-state index contributed by atoms with van der Waals surface area (Å²) >= 11 is 0. The molecule has 0 aliphatic rings. The summed E-state index contributed by atoms with van der Waals surface area (Å²) in [5.41, 5.74) is 5.86. The molecule has 0 fully saturated rings. The molecule has 0 saturated carbocycles. The van der Waals surface area contributed by atoms with E-state index in [4.69, 9.17) is 4.74 Å². The maximum Gasteiger partial charge on any atom is 0.326 e. The molecule has 1 heterocycles. The standard InChI is InChI=1S/C47H53N3O5/c1-5-6-7-8-12-27-55-41-25-21-35(22-26-41)39-31-48-44(49-32-39)37-17-15-34(16-18-37)28-38(30-43(51)36-19-23-40(24-20-36)47(2,3)4)45(52)50-42(46(53)54)29-33-13-10-9-11-14-33/h9-11,13-26,31-32,38,42H,5-8,12,27-30H2,1-4H3,(H,50,52)(H,53,54)/t38-,42?/m1/s1. The normalized spacial score (nSPS) is 12.4. The van der Waals surface area contributed by atoms with Gasteiger partial charge in [-0.1, -0.05) is 144 Å². The quantitative estimate of drug-likeness (QED) is 0.0640. The van der Waals surface area contributed by atoms with Crippen LogP contribution in [0.3, 0.4) is 0 Å². The second-order valence-corrected chi connectivity index (χ2v) is 15.2. The van der Waals surface area contributed by atoms with E-state index in [9.17, 15) is 19.5 Å². The molecule has 1 aromatic heterocycles. The fourth-order valence-electron chi connectivity index (χ4n) is 6.43. The molecule has 0 aliphatic heterocycles. The number of carbonyl (C=O) groups is 3. The first kappa shape index (κ1) is 40.6. The van der Waals surface area contributed by atoms with Crippen LogP contribution in [0.1, 0.15) is 93.3 Å². The molecule has 5 aromatic rings. The lowest BCUT2D eigenvalue weighted by Gasteiger charge is -2.21. The predicted octanol–water partition coefficient (Wildman–Crippen LogP) is 9.70. The van der Waals surface area contributed by atoms with Crippen LogP contribution >= 0.6 is 0 Å². The van der Waals surface area contributed by atoms with Gasteiger partial charge in [0, 0.05) is 47.8 Å². The van der Waals surface area contributed by atoms with Crippen molar-refractivity contribution in [3.63, 3.8) is 0 Å². The SMILES string of the molecule is CCCCCCCOc1ccc(-c2cnc(-c3ccc(C[C@H](CC(=O)c4ccc(C(C)(C)C)cc4)C(=O)NC(Cc4ccccc4)C(=O)O)cc3)nc2)cc1. The summed E-state index contributed by atoms with van der Waals surface area (Å²) in [6.07, 6.45) is 9.90. The van der Waals surface area contributed by atoms with Crippen LogP contribution in [0.5, 0.6) is 5.75 Å². The van der Waals surface area contributed by atoms with Crippen molar-refractivity contribution in [1.29, 1.82) is 0 Å². The molecule has 1 unspecified atom stereocenters. The Morgan fingerprint density at radius 1 is 0.709 bits per heavy atom. The molecule has 2 atom stereocenters. The molecule has 4 aromatic carbocycles. The number of amides is 1. The highest BCUT2D eigenvalue weighted by Gasteiger charge is 2.28. The Bertz CT molecular complexity index is 1970. The fourth-order valence-corrected chi connectivity index (χ4v) is 6.43. The van der Waals surface area contributed by atoms with Crippen molar-refractivity contribution in [2.75, 3.05) is 6.61 Å². The Hall–Kier alpha value is -5.63. The summed E-state index contributed by atoms with van der Waals surface area (Å²) in [6.45, 7) is 9.26. The van der Waals surface area contributed by atoms with E-state index in [2.05, 4.69) is 43.0 Å². The summed E-state index contributed by atoms with van der Waals surface area (Å²) < 4.78 is 5.91. The number of Topliss-reactive ketones (excluding diaryl/α,β-unsaturated/α-hetero) is 1. The molecule has 0 bridgehead atoms. The van der Waals surface area contributed by atoms with Crippen LogP contribution in [-0.4, -0.2) is 45.4 Å². The number of aromatic nitrogens is 2. The number of unbranched alkanes of at least 4 members (excludes halogenated alkanes) is 4. The third-order valence-electron chi connectivity index (χ3n) is 9.82. The Labute approximate surface area is 325 Å². The van der Waals surface area contributed by atoms with E-state index >= 15 is 0 Å². The summed E-state index contributed by atoms with van der Waals surface area (Å²) in [5, 5.41) is 12.7. The average Bonchev–Trinajstić information content (AvgIpc) is 3.19. The summed E-state index contributed by atoms with van der Waals surface area (Å²) in [4.78, 5) is 48.8. The van der Waals surface area contributed by atoms with Gasteiger partial charge in [0.2, 0.25) is 5.91 Å². The zero-order valence-corrected chi connectivity index (χ0v) is 32.5. The molecule has 5 rings (SSSR count). The van der Waals surface area contributed by atoms with Gasteiger partial charge in [0.1, 0.15) is 11.8 Å². The van der Waals surface area contributed by atoms with Crippen LogP contribution < -0.4 is 10.1 Å². The summed E-state index contributed by atoms with van der Waals surface area (Å²) in [7, 11) is 0. The number of ketones is 1. The van der Waals surface area contributed by atoms with Gasteiger partial charge >= 0.3 is 5.97 Å². The van der Waals surface area contributed by atoms with Crippen LogP contribution in [0.25, 0.3) is 22.5 Å². The van der Waals surface area contributed by atoms with Gasteiger partial charge < -0.3 is 15.2 Å². The van der Waals surface area contributed by atoms with Crippen molar-refractivity contribution in [3.8, 4) is 28.3 Å². The van der Waals surface area contributed by atoms with Gasteiger partial charge in [0.05, 0.1) is 6.61 Å². The Balaban J connectivity index is 1.26. The van der Waals surface area contributed by atoms with Crippen LogP contribution in [-0.2, 0) is 27.8 Å². The van der Waals surface area contributed by atoms with Crippen molar-refractivity contribution < 1.29 is 24.2 Å². The van der Waals surface area contributed by atoms with Gasteiger partial charge in [0.15, 0.2) is 11.6 Å². The number of aliphatic carboxylic acids is 1. The van der Waals surface area contributed by atoms with E-state index in [1.165, 1.54) is 25.7 Å². The van der Waals surface area contributed by atoms with E-state index in [-0.39, 0.29) is 30.5 Å². The van der Waals surface area contributed by atoms with Crippen molar-refractivity contribution in [1.82, 2.24) is 15.3 Å². The van der Waals surface area contributed by atoms with Crippen LogP contribution in [0.15, 0.2) is 116 Å². The second kappa shape index (κ2) is 19.6. The zero-order valence-electron chi connectivity index (χ0n) is 32.5. The Kier molecular flexibility index (Phi) is 14.5. The lowest BCUT2D eigenvalue weighted by atomic mass is 9.85. The minimum absolute atomic E-state index is 0.0669. The molecule has 0 saturated heterocycles. The Morgan fingerprint density at radius 2 is 1.33 bits per heavy atom. The van der Waals surface area contributed by atoms with Gasteiger partial charge in [-0.15, -0.1) is 0 Å². The molecule has 1 amide bonds. The molecule has 0 aliphatic carbocycles. The average molecular weight is 740 g/mol. The van der Waals surface area contributed by atoms with Crippen molar-refractivity contribution >= 4 is 17.7 Å². The van der Waals surface area contributed by atoms with Gasteiger partial charge in [-0.25, -0.2) is 14.8 Å². The molecular weight excluding hydrogens is 687 g/mol. The Morgan fingerprint density at radius 3 is 1.95 bits per heavy atom. The fraction of sp³-hybridized carbons (Fsp3) is 0.340. The highest BCUT2D eigenvalue weighted by Crippen LogP contribution is 2.26. The van der Waals surface area contributed by atoms with Gasteiger partial charge in [-0.2, -0.15) is 0 Å². The summed E-state index contributed by atoms with van der Waals surface area (Å²) in [6, 6.07) is 31.1. The molecule has 8 nitrogen and oxygen atoms in total. The number of hydrogen-bond acceptors (Lipinski definition) is 6. The second-order valence-electron chi connectivity index (χ2n) is 15.2. The van der Waals surface area contributed by atoms with E-state index < -0.39 is 23.8 Å².